The molecule has 0 amide bonds. The van der Waals surface area contributed by atoms with E-state index in [1.165, 1.54) is 12.2 Å². The summed E-state index contributed by atoms with van der Waals surface area (Å²) in [5.74, 6) is -0.309. The van der Waals surface area contributed by atoms with Crippen LogP contribution in [0.5, 0.6) is 0 Å². The van der Waals surface area contributed by atoms with Gasteiger partial charge in [-0.15, -0.1) is 6.58 Å². The minimum atomic E-state index is -0.439. The van der Waals surface area contributed by atoms with Crippen molar-refractivity contribution in [2.24, 2.45) is 0 Å². The molecular formula is C11H18O3. The summed E-state index contributed by atoms with van der Waals surface area (Å²) in [5.41, 5.74) is 0. The molecule has 0 aliphatic carbocycles. The molecule has 0 heterocycles. The van der Waals surface area contributed by atoms with Gasteiger partial charge in [-0.1, -0.05) is 12.2 Å². The maximum atomic E-state index is 10.8. The van der Waals surface area contributed by atoms with E-state index in [0.29, 0.717) is 13.0 Å². The number of aliphatic hydroxyl groups is 1. The molecule has 0 unspecified atom stereocenters. The second-order valence-electron chi connectivity index (χ2n) is 2.89. The van der Waals surface area contributed by atoms with Crippen LogP contribution in [0.1, 0.15) is 26.2 Å². The van der Waals surface area contributed by atoms with Gasteiger partial charge in [0.1, 0.15) is 0 Å². The molecule has 1 atom stereocenters. The molecule has 0 aliphatic rings. The minimum Gasteiger partial charge on any atom is -0.463 e. The fraction of sp³-hybridized carbons (Fsp3) is 0.545. The van der Waals surface area contributed by atoms with Crippen molar-refractivity contribution in [1.82, 2.24) is 0 Å². The predicted molar refractivity (Wildman–Crippen MR) is 55.8 cm³/mol. The number of unbranched alkanes of at least 4 members (excludes halogenated alkanes) is 1. The van der Waals surface area contributed by atoms with Gasteiger partial charge in [-0.05, 0) is 26.2 Å². The number of allylic oxidation sites excluding steroid dienone is 1. The summed E-state index contributed by atoms with van der Waals surface area (Å²) in [6.45, 7) is 5.64. The largest absolute Gasteiger partial charge is 0.463 e. The van der Waals surface area contributed by atoms with Crippen LogP contribution in [-0.2, 0) is 9.53 Å². The summed E-state index contributed by atoms with van der Waals surface area (Å²) in [6, 6.07) is 0. The molecule has 3 heteroatoms. The highest BCUT2D eigenvalue weighted by atomic mass is 16.5. The van der Waals surface area contributed by atoms with Crippen molar-refractivity contribution < 1.29 is 14.6 Å². The van der Waals surface area contributed by atoms with E-state index < -0.39 is 6.10 Å². The van der Waals surface area contributed by atoms with E-state index in [2.05, 4.69) is 6.58 Å². The van der Waals surface area contributed by atoms with E-state index in [0.717, 1.165) is 12.8 Å². The van der Waals surface area contributed by atoms with E-state index in [-0.39, 0.29) is 5.97 Å². The van der Waals surface area contributed by atoms with Crippen molar-refractivity contribution in [3.8, 4) is 0 Å². The van der Waals surface area contributed by atoms with Gasteiger partial charge in [0, 0.05) is 6.08 Å². The van der Waals surface area contributed by atoms with Gasteiger partial charge in [0.25, 0.3) is 0 Å². The van der Waals surface area contributed by atoms with Gasteiger partial charge >= 0.3 is 5.97 Å². The first-order valence-electron chi connectivity index (χ1n) is 4.84. The lowest BCUT2D eigenvalue weighted by atomic mass is 10.1. The molecule has 0 radical (unpaired) electrons. The number of carbonyl (C=O) groups excluding carboxylic acids is 1. The lowest BCUT2D eigenvalue weighted by molar-refractivity contribution is -0.137. The van der Waals surface area contributed by atoms with E-state index in [1.807, 2.05) is 0 Å². The van der Waals surface area contributed by atoms with Crippen LogP contribution in [0.15, 0.2) is 24.8 Å². The van der Waals surface area contributed by atoms with Crippen LogP contribution in [-0.4, -0.2) is 23.8 Å². The maximum Gasteiger partial charge on any atom is 0.330 e. The Labute approximate surface area is 85.1 Å². The van der Waals surface area contributed by atoms with Gasteiger partial charge in [-0.3, -0.25) is 0 Å². The molecule has 80 valence electrons. The zero-order valence-corrected chi connectivity index (χ0v) is 8.61. The average molecular weight is 198 g/mol. The number of hydrogen-bond donors (Lipinski definition) is 1. The van der Waals surface area contributed by atoms with E-state index >= 15 is 0 Å². The monoisotopic (exact) mass is 198 g/mol. The zero-order chi connectivity index (χ0) is 10.8. The molecular weight excluding hydrogens is 180 g/mol. The fourth-order valence-electron chi connectivity index (χ4n) is 0.933. The molecule has 0 aromatic carbocycles. The minimum absolute atomic E-state index is 0.309. The van der Waals surface area contributed by atoms with E-state index in [1.54, 1.807) is 13.0 Å². The maximum absolute atomic E-state index is 10.8. The second kappa shape index (κ2) is 8.51. The van der Waals surface area contributed by atoms with Gasteiger partial charge in [0.15, 0.2) is 0 Å². The zero-order valence-electron chi connectivity index (χ0n) is 8.61. The number of esters is 1. The van der Waals surface area contributed by atoms with Gasteiger partial charge in [-0.25, -0.2) is 4.79 Å². The predicted octanol–water partition coefficient (Wildman–Crippen LogP) is 1.82. The summed E-state index contributed by atoms with van der Waals surface area (Å²) in [4.78, 5) is 10.8. The van der Waals surface area contributed by atoms with Crippen molar-refractivity contribution in [1.29, 1.82) is 0 Å². The lowest BCUT2D eigenvalue weighted by Gasteiger charge is -2.01. The topological polar surface area (TPSA) is 46.5 Å². The molecule has 1 N–H and O–H groups in total. The summed E-state index contributed by atoms with van der Waals surface area (Å²) in [7, 11) is 0. The van der Waals surface area contributed by atoms with Crippen LogP contribution in [0.2, 0.25) is 0 Å². The van der Waals surface area contributed by atoms with Crippen molar-refractivity contribution >= 4 is 5.97 Å². The summed E-state index contributed by atoms with van der Waals surface area (Å²) in [5, 5.41) is 9.12. The smallest absolute Gasteiger partial charge is 0.330 e. The number of hydrogen-bond acceptors (Lipinski definition) is 3. The molecule has 14 heavy (non-hydrogen) atoms. The third-order valence-corrected chi connectivity index (χ3v) is 1.68. The van der Waals surface area contributed by atoms with E-state index in [9.17, 15) is 4.79 Å². The Morgan fingerprint density at radius 1 is 1.64 bits per heavy atom. The quantitative estimate of drug-likeness (QED) is 0.294. The molecule has 0 aromatic heterocycles. The molecule has 0 saturated heterocycles. The standard InChI is InChI=1S/C11H18O3/c1-3-10(12)8-6-5-7-9-11(13)14-4-2/h3,7,9-10,12H,1,4-6,8H2,2H3/b9-7+/t10-/m0/s1. The molecule has 0 bridgehead atoms. The molecule has 0 spiro atoms. The van der Waals surface area contributed by atoms with Gasteiger partial charge in [-0.2, -0.15) is 0 Å². The molecule has 0 rings (SSSR count). The third-order valence-electron chi connectivity index (χ3n) is 1.68. The van der Waals surface area contributed by atoms with Crippen LogP contribution >= 0.6 is 0 Å². The lowest BCUT2D eigenvalue weighted by Crippen LogP contribution is -2.00. The van der Waals surface area contributed by atoms with Gasteiger partial charge in [0.2, 0.25) is 0 Å². The molecule has 0 fully saturated rings. The third kappa shape index (κ3) is 7.55. The Kier molecular flexibility index (Phi) is 7.84. The Hall–Kier alpha value is -1.09. The Morgan fingerprint density at radius 2 is 2.36 bits per heavy atom. The van der Waals surface area contributed by atoms with Gasteiger partial charge < -0.3 is 9.84 Å². The fourth-order valence-corrected chi connectivity index (χ4v) is 0.933. The first kappa shape index (κ1) is 12.9. The van der Waals surface area contributed by atoms with Gasteiger partial charge in [0.05, 0.1) is 12.7 Å². The highest BCUT2D eigenvalue weighted by molar-refractivity contribution is 5.81. The highest BCUT2D eigenvalue weighted by Gasteiger charge is 1.96. The Morgan fingerprint density at radius 3 is 2.93 bits per heavy atom. The molecule has 0 aromatic rings. The van der Waals surface area contributed by atoms with E-state index in [4.69, 9.17) is 9.84 Å². The van der Waals surface area contributed by atoms with Crippen molar-refractivity contribution in [3.63, 3.8) is 0 Å². The van der Waals surface area contributed by atoms with Crippen molar-refractivity contribution in [2.45, 2.75) is 32.3 Å². The van der Waals surface area contributed by atoms with Crippen molar-refractivity contribution in [3.05, 3.63) is 24.8 Å². The highest BCUT2D eigenvalue weighted by Crippen LogP contribution is 2.02. The summed E-state index contributed by atoms with van der Waals surface area (Å²) in [6.07, 6.45) is 6.53. The normalized spacial score (nSPS) is 12.7. The van der Waals surface area contributed by atoms with Crippen LogP contribution in [0, 0.1) is 0 Å². The summed E-state index contributed by atoms with van der Waals surface area (Å²) < 4.78 is 4.70. The molecule has 0 aliphatic heterocycles. The SMILES string of the molecule is C=C[C@H](O)CCC/C=C/C(=O)OCC. The molecule has 3 nitrogen and oxygen atoms in total. The second-order valence-corrected chi connectivity index (χ2v) is 2.89. The Balaban J connectivity index is 3.43. The number of ether oxygens (including phenoxy) is 1. The number of carbonyl (C=O) groups is 1. The first-order valence-corrected chi connectivity index (χ1v) is 4.84. The van der Waals surface area contributed by atoms with Crippen LogP contribution in [0.3, 0.4) is 0 Å². The number of aliphatic hydroxyl groups excluding tert-OH is 1. The average Bonchev–Trinajstić information content (AvgIpc) is 2.17. The molecule has 0 saturated carbocycles. The first-order chi connectivity index (χ1) is 6.70. The summed E-state index contributed by atoms with van der Waals surface area (Å²) >= 11 is 0. The van der Waals surface area contributed by atoms with Crippen molar-refractivity contribution in [2.75, 3.05) is 6.61 Å². The van der Waals surface area contributed by atoms with Crippen LogP contribution in [0.25, 0.3) is 0 Å². The Bertz CT molecular complexity index is 197. The van der Waals surface area contributed by atoms with Crippen LogP contribution in [0.4, 0.5) is 0 Å². The van der Waals surface area contributed by atoms with Crippen LogP contribution < -0.4 is 0 Å². The number of rotatable bonds is 7.